The molecule has 0 atom stereocenters. The van der Waals surface area contributed by atoms with Gasteiger partial charge in [0.2, 0.25) is 0 Å². The summed E-state index contributed by atoms with van der Waals surface area (Å²) in [6.45, 7) is 3.43. The summed E-state index contributed by atoms with van der Waals surface area (Å²) >= 11 is 0. The van der Waals surface area contributed by atoms with Crippen LogP contribution < -0.4 is 5.32 Å². The number of phenols is 1. The molecule has 0 bridgehead atoms. The van der Waals surface area contributed by atoms with E-state index in [-0.39, 0.29) is 5.75 Å². The number of phenolic OH excluding ortho intramolecular Hbond substituents is 1. The second kappa shape index (κ2) is 5.30. The number of rotatable bonds is 4. The molecule has 0 spiro atoms. The summed E-state index contributed by atoms with van der Waals surface area (Å²) in [5.74, 6) is 0.289. The van der Waals surface area contributed by atoms with Crippen molar-refractivity contribution in [2.45, 2.75) is 20.0 Å². The molecule has 0 aliphatic carbocycles. The lowest BCUT2D eigenvalue weighted by atomic mass is 10.2. The third-order valence-corrected chi connectivity index (χ3v) is 3.08. The minimum atomic E-state index is 0.289. The molecule has 5 nitrogen and oxygen atoms in total. The Balaban J connectivity index is 1.63. The third kappa shape index (κ3) is 2.78. The normalized spacial score (nSPS) is 11.1. The van der Waals surface area contributed by atoms with E-state index in [4.69, 9.17) is 0 Å². The number of benzene rings is 1. The van der Waals surface area contributed by atoms with Crippen molar-refractivity contribution >= 4 is 5.65 Å². The quantitative estimate of drug-likeness (QED) is 0.760. The molecular formula is C15H16N4O. The van der Waals surface area contributed by atoms with Crippen LogP contribution in [0.15, 0.2) is 42.7 Å². The van der Waals surface area contributed by atoms with Gasteiger partial charge in [0.25, 0.3) is 0 Å². The molecule has 0 saturated carbocycles. The standard InChI is InChI=1S/C15H16N4O/c1-11-6-15-17-9-13(10-19(15)18-11)8-16-7-12-2-4-14(20)5-3-12/h2-6,9-10,16,20H,7-8H2,1H3. The highest BCUT2D eigenvalue weighted by Crippen LogP contribution is 2.09. The Morgan fingerprint density at radius 1 is 1.15 bits per heavy atom. The number of nitrogens with one attached hydrogen (secondary N) is 1. The van der Waals surface area contributed by atoms with Gasteiger partial charge in [0.1, 0.15) is 5.75 Å². The summed E-state index contributed by atoms with van der Waals surface area (Å²) in [7, 11) is 0. The summed E-state index contributed by atoms with van der Waals surface area (Å²) in [6, 6.07) is 9.14. The first-order valence-electron chi connectivity index (χ1n) is 6.50. The van der Waals surface area contributed by atoms with Gasteiger partial charge < -0.3 is 10.4 Å². The molecule has 0 fully saturated rings. The average molecular weight is 268 g/mol. The van der Waals surface area contributed by atoms with Crippen LogP contribution in [0.5, 0.6) is 5.75 Å². The molecule has 2 aromatic heterocycles. The number of aryl methyl sites for hydroxylation is 1. The van der Waals surface area contributed by atoms with E-state index in [1.165, 1.54) is 0 Å². The zero-order chi connectivity index (χ0) is 13.9. The molecule has 0 unspecified atom stereocenters. The lowest BCUT2D eigenvalue weighted by Crippen LogP contribution is -2.13. The summed E-state index contributed by atoms with van der Waals surface area (Å²) in [5.41, 5.74) is 4.04. The molecular weight excluding hydrogens is 252 g/mol. The van der Waals surface area contributed by atoms with Crippen LogP contribution >= 0.6 is 0 Å². The van der Waals surface area contributed by atoms with Gasteiger partial charge in [0.15, 0.2) is 5.65 Å². The fraction of sp³-hybridized carbons (Fsp3) is 0.200. The zero-order valence-corrected chi connectivity index (χ0v) is 11.2. The van der Waals surface area contributed by atoms with Crippen LogP contribution in [0.4, 0.5) is 0 Å². The van der Waals surface area contributed by atoms with Crippen LogP contribution in [0, 0.1) is 6.92 Å². The van der Waals surface area contributed by atoms with E-state index in [1.807, 2.05) is 37.5 Å². The molecule has 5 heteroatoms. The maximum atomic E-state index is 9.22. The van der Waals surface area contributed by atoms with Crippen molar-refractivity contribution < 1.29 is 5.11 Å². The van der Waals surface area contributed by atoms with E-state index in [2.05, 4.69) is 15.4 Å². The number of fused-ring (bicyclic) bond motifs is 1. The molecule has 1 aromatic carbocycles. The minimum Gasteiger partial charge on any atom is -0.508 e. The first kappa shape index (κ1) is 12.6. The average Bonchev–Trinajstić information content (AvgIpc) is 2.80. The van der Waals surface area contributed by atoms with Gasteiger partial charge >= 0.3 is 0 Å². The summed E-state index contributed by atoms with van der Waals surface area (Å²) in [4.78, 5) is 4.37. The van der Waals surface area contributed by atoms with Gasteiger partial charge in [-0.05, 0) is 24.6 Å². The van der Waals surface area contributed by atoms with Gasteiger partial charge in [-0.3, -0.25) is 0 Å². The van der Waals surface area contributed by atoms with E-state index in [0.29, 0.717) is 0 Å². The van der Waals surface area contributed by atoms with E-state index in [1.54, 1.807) is 16.6 Å². The fourth-order valence-corrected chi connectivity index (χ4v) is 2.09. The Kier molecular flexibility index (Phi) is 3.35. The van der Waals surface area contributed by atoms with Crippen molar-refractivity contribution in [3.8, 4) is 5.75 Å². The number of aromatic nitrogens is 3. The highest BCUT2D eigenvalue weighted by Gasteiger charge is 2.01. The Morgan fingerprint density at radius 2 is 1.90 bits per heavy atom. The molecule has 0 saturated heterocycles. The number of aromatic hydroxyl groups is 1. The second-order valence-corrected chi connectivity index (χ2v) is 4.82. The first-order valence-corrected chi connectivity index (χ1v) is 6.50. The van der Waals surface area contributed by atoms with Gasteiger partial charge in [0, 0.05) is 37.1 Å². The van der Waals surface area contributed by atoms with E-state index in [9.17, 15) is 5.11 Å². The van der Waals surface area contributed by atoms with Crippen LogP contribution in [0.1, 0.15) is 16.8 Å². The van der Waals surface area contributed by atoms with Crippen molar-refractivity contribution in [1.82, 2.24) is 19.9 Å². The van der Waals surface area contributed by atoms with Crippen LogP contribution in [0.3, 0.4) is 0 Å². The van der Waals surface area contributed by atoms with Crippen LogP contribution in [-0.2, 0) is 13.1 Å². The first-order chi connectivity index (χ1) is 9.70. The minimum absolute atomic E-state index is 0.289. The largest absolute Gasteiger partial charge is 0.508 e. The molecule has 2 heterocycles. The molecule has 0 aliphatic rings. The van der Waals surface area contributed by atoms with E-state index < -0.39 is 0 Å². The maximum Gasteiger partial charge on any atom is 0.155 e. The molecule has 102 valence electrons. The number of hydrogen-bond donors (Lipinski definition) is 2. The lowest BCUT2D eigenvalue weighted by Gasteiger charge is -2.05. The van der Waals surface area contributed by atoms with Gasteiger partial charge in [-0.2, -0.15) is 5.10 Å². The van der Waals surface area contributed by atoms with Crippen LogP contribution in [0.25, 0.3) is 5.65 Å². The summed E-state index contributed by atoms with van der Waals surface area (Å²) in [6.07, 6.45) is 3.85. The van der Waals surface area contributed by atoms with Crippen LogP contribution in [-0.4, -0.2) is 19.7 Å². The molecule has 0 radical (unpaired) electrons. The summed E-state index contributed by atoms with van der Waals surface area (Å²) < 4.78 is 1.80. The molecule has 3 rings (SSSR count). The van der Waals surface area contributed by atoms with E-state index in [0.717, 1.165) is 35.6 Å². The molecule has 3 aromatic rings. The Morgan fingerprint density at radius 3 is 2.70 bits per heavy atom. The molecule has 20 heavy (non-hydrogen) atoms. The van der Waals surface area contributed by atoms with Crippen LogP contribution in [0.2, 0.25) is 0 Å². The van der Waals surface area contributed by atoms with Crippen molar-refractivity contribution in [2.75, 3.05) is 0 Å². The third-order valence-electron chi connectivity index (χ3n) is 3.08. The van der Waals surface area contributed by atoms with Crippen molar-refractivity contribution in [3.05, 3.63) is 59.5 Å². The number of hydrogen-bond acceptors (Lipinski definition) is 4. The Hall–Kier alpha value is -2.40. The van der Waals surface area contributed by atoms with Gasteiger partial charge in [0.05, 0.1) is 5.69 Å². The highest BCUT2D eigenvalue weighted by molar-refractivity contribution is 5.38. The Bertz CT molecular complexity index is 718. The molecule has 0 amide bonds. The van der Waals surface area contributed by atoms with Crippen molar-refractivity contribution in [3.63, 3.8) is 0 Å². The second-order valence-electron chi connectivity index (χ2n) is 4.82. The predicted octanol–water partition coefficient (Wildman–Crippen LogP) is 2.03. The molecule has 0 aliphatic heterocycles. The van der Waals surface area contributed by atoms with E-state index >= 15 is 0 Å². The Labute approximate surface area is 116 Å². The van der Waals surface area contributed by atoms with Gasteiger partial charge in [-0.15, -0.1) is 0 Å². The monoisotopic (exact) mass is 268 g/mol. The predicted molar refractivity (Wildman–Crippen MR) is 76.4 cm³/mol. The number of nitrogens with zero attached hydrogens (tertiary/aromatic N) is 3. The highest BCUT2D eigenvalue weighted by atomic mass is 16.3. The summed E-state index contributed by atoms with van der Waals surface area (Å²) in [5, 5.41) is 16.9. The fourth-order valence-electron chi connectivity index (χ4n) is 2.09. The van der Waals surface area contributed by atoms with Crippen molar-refractivity contribution in [1.29, 1.82) is 0 Å². The maximum absolute atomic E-state index is 9.22. The van der Waals surface area contributed by atoms with Crippen molar-refractivity contribution in [2.24, 2.45) is 0 Å². The topological polar surface area (TPSA) is 62.5 Å². The smallest absolute Gasteiger partial charge is 0.155 e. The lowest BCUT2D eigenvalue weighted by molar-refractivity contribution is 0.475. The SMILES string of the molecule is Cc1cc2ncc(CNCc3ccc(O)cc3)cn2n1. The van der Waals surface area contributed by atoms with Gasteiger partial charge in [-0.1, -0.05) is 12.1 Å². The zero-order valence-electron chi connectivity index (χ0n) is 11.2. The van der Waals surface area contributed by atoms with Gasteiger partial charge in [-0.25, -0.2) is 9.50 Å². The molecule has 2 N–H and O–H groups in total.